The van der Waals surface area contributed by atoms with Gasteiger partial charge in [-0.2, -0.15) is 5.26 Å². The summed E-state index contributed by atoms with van der Waals surface area (Å²) in [7, 11) is 0. The third-order valence-electron chi connectivity index (χ3n) is 3.29. The second-order valence-corrected chi connectivity index (χ2v) is 4.79. The van der Waals surface area contributed by atoms with Crippen LogP contribution in [0, 0.1) is 11.3 Å². The Labute approximate surface area is 107 Å². The maximum absolute atomic E-state index is 9.15. The summed E-state index contributed by atoms with van der Waals surface area (Å²) in [5, 5.41) is 9.81. The lowest BCUT2D eigenvalue weighted by Gasteiger charge is -2.37. The number of piperidine rings is 1. The second-order valence-electron chi connectivity index (χ2n) is 4.35. The predicted octanol–water partition coefficient (Wildman–Crippen LogP) is 2.53. The molecule has 1 fully saturated rings. The summed E-state index contributed by atoms with van der Waals surface area (Å²) in [5.74, 6) is 0. The smallest absolute Gasteiger partial charge is 0.101 e. The molecule has 1 atom stereocenters. The third kappa shape index (κ3) is 2.54. The van der Waals surface area contributed by atoms with Crippen LogP contribution in [0.4, 0.5) is 5.69 Å². The van der Waals surface area contributed by atoms with E-state index in [1.54, 1.807) is 12.1 Å². The molecule has 0 radical (unpaired) electrons. The predicted molar refractivity (Wildman–Crippen MR) is 70.2 cm³/mol. The Morgan fingerprint density at radius 1 is 1.47 bits per heavy atom. The first-order chi connectivity index (χ1) is 8.26. The third-order valence-corrected chi connectivity index (χ3v) is 3.52. The highest BCUT2D eigenvalue weighted by molar-refractivity contribution is 6.30. The molecule has 0 spiro atoms. The van der Waals surface area contributed by atoms with Crippen LogP contribution in [0.25, 0.3) is 0 Å². The van der Waals surface area contributed by atoms with E-state index in [0.717, 1.165) is 25.1 Å². The molecule has 4 heteroatoms. The molecule has 1 heterocycles. The molecular formula is C13H16ClN3. The number of nitrogens with two attached hydrogens (primary N) is 1. The number of nitriles is 1. The van der Waals surface area contributed by atoms with Gasteiger partial charge < -0.3 is 10.6 Å². The fourth-order valence-corrected chi connectivity index (χ4v) is 2.57. The number of hydrogen-bond acceptors (Lipinski definition) is 3. The summed E-state index contributed by atoms with van der Waals surface area (Å²) in [6.45, 7) is 1.58. The number of anilines is 1. The van der Waals surface area contributed by atoms with Gasteiger partial charge in [0.2, 0.25) is 0 Å². The van der Waals surface area contributed by atoms with E-state index in [9.17, 15) is 0 Å². The molecule has 1 aromatic carbocycles. The van der Waals surface area contributed by atoms with Crippen LogP contribution in [-0.4, -0.2) is 19.1 Å². The molecule has 1 aliphatic rings. The lowest BCUT2D eigenvalue weighted by atomic mass is 10.00. The van der Waals surface area contributed by atoms with Crippen molar-refractivity contribution < 1.29 is 0 Å². The van der Waals surface area contributed by atoms with Gasteiger partial charge in [-0.3, -0.25) is 0 Å². The van der Waals surface area contributed by atoms with Gasteiger partial charge in [0.1, 0.15) is 6.07 Å². The molecule has 1 aromatic rings. The van der Waals surface area contributed by atoms with Gasteiger partial charge in [-0.15, -0.1) is 0 Å². The molecule has 1 saturated heterocycles. The lowest BCUT2D eigenvalue weighted by Crippen LogP contribution is -2.44. The maximum Gasteiger partial charge on any atom is 0.101 e. The summed E-state index contributed by atoms with van der Waals surface area (Å²) >= 11 is 6.02. The summed E-state index contributed by atoms with van der Waals surface area (Å²) in [5.41, 5.74) is 7.40. The zero-order valence-corrected chi connectivity index (χ0v) is 10.5. The number of rotatable bonds is 2. The molecule has 3 nitrogen and oxygen atoms in total. The zero-order valence-electron chi connectivity index (χ0n) is 9.69. The average molecular weight is 250 g/mol. The zero-order chi connectivity index (χ0) is 12.3. The van der Waals surface area contributed by atoms with Crippen molar-refractivity contribution in [2.24, 2.45) is 5.73 Å². The van der Waals surface area contributed by atoms with E-state index in [-0.39, 0.29) is 0 Å². The number of nitrogens with zero attached hydrogens (tertiary/aromatic N) is 2. The largest absolute Gasteiger partial charge is 0.366 e. The van der Waals surface area contributed by atoms with Crippen molar-refractivity contribution in [1.82, 2.24) is 0 Å². The van der Waals surface area contributed by atoms with Gasteiger partial charge in [0.25, 0.3) is 0 Å². The van der Waals surface area contributed by atoms with Gasteiger partial charge in [-0.05, 0) is 37.5 Å². The number of hydrogen-bond donors (Lipinski definition) is 1. The average Bonchev–Trinajstić information content (AvgIpc) is 2.38. The molecule has 90 valence electrons. The van der Waals surface area contributed by atoms with E-state index in [0.29, 0.717) is 23.2 Å². The Morgan fingerprint density at radius 3 is 3.00 bits per heavy atom. The van der Waals surface area contributed by atoms with Crippen molar-refractivity contribution in [3.8, 4) is 6.07 Å². The van der Waals surface area contributed by atoms with E-state index in [4.69, 9.17) is 22.6 Å². The first kappa shape index (κ1) is 12.2. The van der Waals surface area contributed by atoms with Crippen molar-refractivity contribution in [2.75, 3.05) is 18.0 Å². The van der Waals surface area contributed by atoms with E-state index >= 15 is 0 Å². The molecule has 2 N–H and O–H groups in total. The van der Waals surface area contributed by atoms with Crippen LogP contribution in [0.2, 0.25) is 5.02 Å². The van der Waals surface area contributed by atoms with Gasteiger partial charge in [0, 0.05) is 24.2 Å². The molecule has 0 amide bonds. The highest BCUT2D eigenvalue weighted by atomic mass is 35.5. The van der Waals surface area contributed by atoms with Crippen LogP contribution in [-0.2, 0) is 0 Å². The van der Waals surface area contributed by atoms with Crippen molar-refractivity contribution in [2.45, 2.75) is 25.3 Å². The number of benzene rings is 1. The van der Waals surface area contributed by atoms with E-state index < -0.39 is 0 Å². The van der Waals surface area contributed by atoms with Crippen LogP contribution >= 0.6 is 11.6 Å². The quantitative estimate of drug-likeness (QED) is 0.876. The standard InChI is InChI=1S/C13H16ClN3/c14-11-5-4-10(8-15)13(7-11)17-6-2-1-3-12(17)9-16/h4-5,7,12H,1-3,6,9,16H2. The van der Waals surface area contributed by atoms with E-state index in [2.05, 4.69) is 11.0 Å². The molecule has 1 unspecified atom stereocenters. The fraction of sp³-hybridized carbons (Fsp3) is 0.462. The lowest BCUT2D eigenvalue weighted by molar-refractivity contribution is 0.465. The van der Waals surface area contributed by atoms with Crippen LogP contribution in [0.15, 0.2) is 18.2 Å². The fourth-order valence-electron chi connectivity index (χ4n) is 2.40. The van der Waals surface area contributed by atoms with Crippen molar-refractivity contribution in [1.29, 1.82) is 5.26 Å². The van der Waals surface area contributed by atoms with Gasteiger partial charge in [-0.25, -0.2) is 0 Å². The van der Waals surface area contributed by atoms with Gasteiger partial charge in [0.15, 0.2) is 0 Å². The minimum Gasteiger partial charge on any atom is -0.366 e. The van der Waals surface area contributed by atoms with Gasteiger partial charge in [0.05, 0.1) is 11.3 Å². The molecule has 0 aromatic heterocycles. The van der Waals surface area contributed by atoms with Gasteiger partial charge >= 0.3 is 0 Å². The topological polar surface area (TPSA) is 53.0 Å². The minimum absolute atomic E-state index is 0.328. The molecule has 17 heavy (non-hydrogen) atoms. The maximum atomic E-state index is 9.15. The molecule has 1 aliphatic heterocycles. The summed E-state index contributed by atoms with van der Waals surface area (Å²) in [4.78, 5) is 2.23. The summed E-state index contributed by atoms with van der Waals surface area (Å²) in [6.07, 6.45) is 3.45. The molecule has 0 saturated carbocycles. The van der Waals surface area contributed by atoms with Crippen molar-refractivity contribution in [3.63, 3.8) is 0 Å². The van der Waals surface area contributed by atoms with Crippen molar-refractivity contribution >= 4 is 17.3 Å². The second kappa shape index (κ2) is 5.39. The van der Waals surface area contributed by atoms with E-state index in [1.165, 1.54) is 6.42 Å². The SMILES string of the molecule is N#Cc1ccc(Cl)cc1N1CCCCC1CN. The summed E-state index contributed by atoms with van der Waals surface area (Å²) < 4.78 is 0. The van der Waals surface area contributed by atoms with Crippen LogP contribution in [0.1, 0.15) is 24.8 Å². The highest BCUT2D eigenvalue weighted by Crippen LogP contribution is 2.29. The normalized spacial score (nSPS) is 20.1. The monoisotopic (exact) mass is 249 g/mol. The Kier molecular flexibility index (Phi) is 3.88. The van der Waals surface area contributed by atoms with Crippen molar-refractivity contribution in [3.05, 3.63) is 28.8 Å². The van der Waals surface area contributed by atoms with Crippen LogP contribution in [0.3, 0.4) is 0 Å². The van der Waals surface area contributed by atoms with Crippen LogP contribution in [0.5, 0.6) is 0 Å². The Hall–Kier alpha value is -1.24. The summed E-state index contributed by atoms with van der Waals surface area (Å²) in [6, 6.07) is 7.95. The Morgan fingerprint density at radius 2 is 2.29 bits per heavy atom. The highest BCUT2D eigenvalue weighted by Gasteiger charge is 2.23. The molecule has 2 rings (SSSR count). The number of halogens is 1. The van der Waals surface area contributed by atoms with Gasteiger partial charge in [-0.1, -0.05) is 11.6 Å². The molecule has 0 aliphatic carbocycles. The first-order valence-electron chi connectivity index (χ1n) is 5.92. The molecular weight excluding hydrogens is 234 g/mol. The van der Waals surface area contributed by atoms with Crippen LogP contribution < -0.4 is 10.6 Å². The molecule has 0 bridgehead atoms. The van der Waals surface area contributed by atoms with E-state index in [1.807, 2.05) is 6.07 Å². The minimum atomic E-state index is 0.328. The Bertz CT molecular complexity index is 439. The Balaban J connectivity index is 2.37. The first-order valence-corrected chi connectivity index (χ1v) is 6.30.